The van der Waals surface area contributed by atoms with Gasteiger partial charge in [0.1, 0.15) is 10.4 Å². The summed E-state index contributed by atoms with van der Waals surface area (Å²) in [4.78, 5) is 24.0. The number of thiazole rings is 1. The van der Waals surface area contributed by atoms with Crippen molar-refractivity contribution in [3.05, 3.63) is 39.6 Å². The van der Waals surface area contributed by atoms with Crippen molar-refractivity contribution in [1.82, 2.24) is 4.40 Å². The summed E-state index contributed by atoms with van der Waals surface area (Å²) >= 11 is 1.45. The minimum Gasteiger partial charge on any atom is -0.462 e. The van der Waals surface area contributed by atoms with Gasteiger partial charge in [-0.1, -0.05) is 0 Å². The molecule has 2 heterocycles. The number of hydrogen-bond acceptors (Lipinski definition) is 4. The van der Waals surface area contributed by atoms with Crippen LogP contribution in [0.1, 0.15) is 17.3 Å². The first kappa shape index (κ1) is 9.92. The molecule has 0 unspecified atom stereocenters. The van der Waals surface area contributed by atoms with Crippen LogP contribution >= 0.6 is 11.3 Å². The third-order valence-electron chi connectivity index (χ3n) is 1.97. The van der Waals surface area contributed by atoms with Crippen molar-refractivity contribution in [2.45, 2.75) is 6.92 Å². The van der Waals surface area contributed by atoms with Crippen LogP contribution in [-0.4, -0.2) is 17.0 Å². The molecule has 0 N–H and O–H groups in total. The van der Waals surface area contributed by atoms with Crippen LogP contribution < -0.4 is 5.56 Å². The summed E-state index contributed by atoms with van der Waals surface area (Å²) in [6.45, 7) is 1.98. The molecule has 0 bridgehead atoms. The minimum absolute atomic E-state index is 0.0766. The molecule has 0 aliphatic heterocycles. The molecule has 2 aromatic rings. The van der Waals surface area contributed by atoms with Gasteiger partial charge in [-0.15, -0.1) is 11.3 Å². The number of nitrogens with zero attached hydrogens (tertiary/aromatic N) is 1. The first-order valence-electron chi connectivity index (χ1n) is 4.50. The van der Waals surface area contributed by atoms with Crippen molar-refractivity contribution in [3.63, 3.8) is 0 Å². The highest BCUT2D eigenvalue weighted by molar-refractivity contribution is 7.15. The lowest BCUT2D eigenvalue weighted by Crippen LogP contribution is -2.22. The van der Waals surface area contributed by atoms with E-state index in [1.54, 1.807) is 24.6 Å². The summed E-state index contributed by atoms with van der Waals surface area (Å²) in [5.41, 5.74) is -0.250. The smallest absolute Gasteiger partial charge is 0.343 e. The zero-order valence-electron chi connectivity index (χ0n) is 8.10. The van der Waals surface area contributed by atoms with Crippen molar-refractivity contribution in [3.8, 4) is 0 Å². The van der Waals surface area contributed by atoms with E-state index in [-0.39, 0.29) is 17.7 Å². The van der Waals surface area contributed by atoms with E-state index < -0.39 is 5.97 Å². The third kappa shape index (κ3) is 1.66. The van der Waals surface area contributed by atoms with Crippen LogP contribution in [0.4, 0.5) is 0 Å². The van der Waals surface area contributed by atoms with Crippen LogP contribution in [0.3, 0.4) is 0 Å². The predicted octanol–water partition coefficient (Wildman–Crippen LogP) is 1.54. The maximum absolute atomic E-state index is 11.8. The Kier molecular flexibility index (Phi) is 2.55. The fraction of sp³-hybridized carbons (Fsp3) is 0.200. The standard InChI is InChI=1S/C10H9NO3S/c1-2-14-10(13)7-3-4-8-11(9(7)12)5-6-15-8/h3-6H,2H2,1H3. The molecule has 2 rings (SSSR count). The molecular weight excluding hydrogens is 214 g/mol. The van der Waals surface area contributed by atoms with Crippen molar-refractivity contribution >= 4 is 22.1 Å². The summed E-state index contributed by atoms with van der Waals surface area (Å²) < 4.78 is 6.23. The summed E-state index contributed by atoms with van der Waals surface area (Å²) in [7, 11) is 0. The van der Waals surface area contributed by atoms with Gasteiger partial charge in [-0.2, -0.15) is 0 Å². The molecule has 0 amide bonds. The molecule has 0 radical (unpaired) electrons. The Morgan fingerprint density at radius 3 is 3.07 bits per heavy atom. The Morgan fingerprint density at radius 2 is 2.33 bits per heavy atom. The largest absolute Gasteiger partial charge is 0.462 e. The number of fused-ring (bicyclic) bond motifs is 1. The monoisotopic (exact) mass is 223 g/mol. The van der Waals surface area contributed by atoms with Gasteiger partial charge in [0.15, 0.2) is 0 Å². The number of esters is 1. The van der Waals surface area contributed by atoms with Crippen LogP contribution in [0.25, 0.3) is 4.83 Å². The Bertz CT molecular complexity index is 555. The topological polar surface area (TPSA) is 47.8 Å². The van der Waals surface area contributed by atoms with E-state index in [0.29, 0.717) is 0 Å². The van der Waals surface area contributed by atoms with Crippen LogP contribution in [0, 0.1) is 0 Å². The highest BCUT2D eigenvalue weighted by Crippen LogP contribution is 2.09. The first-order valence-corrected chi connectivity index (χ1v) is 5.38. The zero-order valence-corrected chi connectivity index (χ0v) is 8.91. The van der Waals surface area contributed by atoms with E-state index in [2.05, 4.69) is 0 Å². The van der Waals surface area contributed by atoms with Gasteiger partial charge in [0.05, 0.1) is 6.61 Å². The fourth-order valence-electron chi connectivity index (χ4n) is 1.30. The summed E-state index contributed by atoms with van der Waals surface area (Å²) in [6.07, 6.45) is 1.64. The number of pyridine rings is 1. The second kappa shape index (κ2) is 3.86. The summed E-state index contributed by atoms with van der Waals surface area (Å²) in [5.74, 6) is -0.567. The van der Waals surface area contributed by atoms with Crippen molar-refractivity contribution in [2.24, 2.45) is 0 Å². The van der Waals surface area contributed by atoms with E-state index >= 15 is 0 Å². The van der Waals surface area contributed by atoms with Crippen LogP contribution in [0.15, 0.2) is 28.5 Å². The SMILES string of the molecule is CCOC(=O)c1ccc2sccn2c1=O. The normalized spacial score (nSPS) is 10.5. The molecule has 0 saturated heterocycles. The zero-order chi connectivity index (χ0) is 10.8. The first-order chi connectivity index (χ1) is 7.24. The quantitative estimate of drug-likeness (QED) is 0.725. The Morgan fingerprint density at radius 1 is 1.53 bits per heavy atom. The van der Waals surface area contributed by atoms with Crippen molar-refractivity contribution < 1.29 is 9.53 Å². The average Bonchev–Trinajstić information content (AvgIpc) is 2.67. The Labute approximate surface area is 89.7 Å². The van der Waals surface area contributed by atoms with E-state index in [4.69, 9.17) is 4.74 Å². The van der Waals surface area contributed by atoms with E-state index in [1.807, 2.05) is 0 Å². The van der Waals surface area contributed by atoms with Gasteiger partial charge in [-0.3, -0.25) is 9.20 Å². The Balaban J connectivity index is 2.57. The number of carbonyl (C=O) groups is 1. The number of hydrogen-bond donors (Lipinski definition) is 0. The number of rotatable bonds is 2. The van der Waals surface area contributed by atoms with Gasteiger partial charge in [0.25, 0.3) is 5.56 Å². The highest BCUT2D eigenvalue weighted by atomic mass is 32.1. The highest BCUT2D eigenvalue weighted by Gasteiger charge is 2.12. The molecule has 5 heteroatoms. The molecule has 0 spiro atoms. The molecular formula is C10H9NO3S. The molecule has 4 nitrogen and oxygen atoms in total. The predicted molar refractivity (Wildman–Crippen MR) is 57.5 cm³/mol. The molecule has 0 aliphatic carbocycles. The second-order valence-electron chi connectivity index (χ2n) is 2.88. The molecule has 0 aromatic carbocycles. The Hall–Kier alpha value is -1.62. The number of aromatic nitrogens is 1. The minimum atomic E-state index is -0.567. The fourth-order valence-corrected chi connectivity index (χ4v) is 2.02. The molecule has 0 fully saturated rings. The third-order valence-corrected chi connectivity index (χ3v) is 2.81. The lowest BCUT2D eigenvalue weighted by Gasteiger charge is -2.00. The lowest BCUT2D eigenvalue weighted by atomic mass is 10.3. The van der Waals surface area contributed by atoms with Gasteiger partial charge in [-0.05, 0) is 19.1 Å². The van der Waals surface area contributed by atoms with E-state index in [0.717, 1.165) is 4.83 Å². The van der Waals surface area contributed by atoms with Crippen LogP contribution in [0.5, 0.6) is 0 Å². The summed E-state index contributed by atoms with van der Waals surface area (Å²) in [5, 5.41) is 1.80. The maximum Gasteiger partial charge on any atom is 0.343 e. The van der Waals surface area contributed by atoms with Gasteiger partial charge < -0.3 is 4.74 Å². The van der Waals surface area contributed by atoms with Gasteiger partial charge in [0, 0.05) is 11.6 Å². The van der Waals surface area contributed by atoms with Gasteiger partial charge in [0.2, 0.25) is 0 Å². The molecule has 0 atom stereocenters. The second-order valence-corrected chi connectivity index (χ2v) is 3.81. The van der Waals surface area contributed by atoms with Crippen molar-refractivity contribution in [1.29, 1.82) is 0 Å². The number of carbonyl (C=O) groups excluding carboxylic acids is 1. The molecule has 0 saturated carbocycles. The van der Waals surface area contributed by atoms with Gasteiger partial charge in [-0.25, -0.2) is 4.79 Å². The van der Waals surface area contributed by atoms with Crippen molar-refractivity contribution in [2.75, 3.05) is 6.61 Å². The lowest BCUT2D eigenvalue weighted by molar-refractivity contribution is 0.0524. The molecule has 0 aliphatic rings. The summed E-state index contributed by atoms with van der Waals surface area (Å²) in [6, 6.07) is 3.24. The van der Waals surface area contributed by atoms with Crippen LogP contribution in [-0.2, 0) is 4.74 Å². The molecule has 2 aromatic heterocycles. The van der Waals surface area contributed by atoms with Crippen LogP contribution in [0.2, 0.25) is 0 Å². The maximum atomic E-state index is 11.8. The molecule has 15 heavy (non-hydrogen) atoms. The van der Waals surface area contributed by atoms with Gasteiger partial charge >= 0.3 is 5.97 Å². The van der Waals surface area contributed by atoms with E-state index in [1.165, 1.54) is 21.8 Å². The number of ether oxygens (including phenoxy) is 1. The van der Waals surface area contributed by atoms with E-state index in [9.17, 15) is 9.59 Å². The molecule has 78 valence electrons. The average molecular weight is 223 g/mol.